The van der Waals surface area contributed by atoms with Crippen LogP contribution in [0.1, 0.15) is 23.0 Å². The average Bonchev–Trinajstić information content (AvgIpc) is 2.17. The zero-order valence-electron chi connectivity index (χ0n) is 7.84. The summed E-state index contributed by atoms with van der Waals surface area (Å²) >= 11 is 0. The molecule has 0 radical (unpaired) electrons. The van der Waals surface area contributed by atoms with Gasteiger partial charge in [0.2, 0.25) is 0 Å². The smallest absolute Gasteiger partial charge is 0.416 e. The maximum Gasteiger partial charge on any atom is 0.416 e. The first-order valence-electron chi connectivity index (χ1n) is 4.15. The molecule has 0 fully saturated rings. The highest BCUT2D eigenvalue weighted by molar-refractivity contribution is 5.87. The van der Waals surface area contributed by atoms with Gasteiger partial charge in [0, 0.05) is 6.20 Å². The number of hydrogen-bond donors (Lipinski definition) is 0. The first-order valence-corrected chi connectivity index (χ1v) is 4.15. The van der Waals surface area contributed by atoms with Gasteiger partial charge in [-0.15, -0.1) is 0 Å². The highest BCUT2D eigenvalue weighted by atomic mass is 19.4. The predicted molar refractivity (Wildman–Crippen MR) is 45.2 cm³/mol. The molecule has 1 rings (SSSR count). The van der Waals surface area contributed by atoms with Gasteiger partial charge in [-0.25, -0.2) is 9.78 Å². The van der Waals surface area contributed by atoms with E-state index >= 15 is 0 Å². The van der Waals surface area contributed by atoms with E-state index in [0.29, 0.717) is 6.07 Å². The Balaban J connectivity index is 2.98. The van der Waals surface area contributed by atoms with Crippen LogP contribution in [0.15, 0.2) is 18.3 Å². The second kappa shape index (κ2) is 4.29. The van der Waals surface area contributed by atoms with E-state index in [0.717, 1.165) is 12.3 Å². The molecular formula is C9H8F3NO2. The Bertz CT molecular complexity index is 363. The van der Waals surface area contributed by atoms with Gasteiger partial charge in [0.25, 0.3) is 0 Å². The van der Waals surface area contributed by atoms with Crippen molar-refractivity contribution >= 4 is 5.97 Å². The second-order valence-corrected chi connectivity index (χ2v) is 2.65. The van der Waals surface area contributed by atoms with Crippen LogP contribution in [-0.4, -0.2) is 17.6 Å². The molecule has 0 saturated heterocycles. The van der Waals surface area contributed by atoms with Crippen LogP contribution in [0.3, 0.4) is 0 Å². The minimum atomic E-state index is -4.48. The fourth-order valence-electron chi connectivity index (χ4n) is 0.924. The zero-order chi connectivity index (χ0) is 11.5. The molecule has 0 aliphatic heterocycles. The predicted octanol–water partition coefficient (Wildman–Crippen LogP) is 2.28. The highest BCUT2D eigenvalue weighted by Crippen LogP contribution is 2.28. The van der Waals surface area contributed by atoms with E-state index in [4.69, 9.17) is 0 Å². The molecule has 15 heavy (non-hydrogen) atoms. The molecule has 0 N–H and O–H groups in total. The van der Waals surface area contributed by atoms with Gasteiger partial charge in [-0.3, -0.25) is 0 Å². The molecule has 0 saturated carbocycles. The number of nitrogens with zero attached hydrogens (tertiary/aromatic N) is 1. The van der Waals surface area contributed by atoms with Crippen molar-refractivity contribution in [2.45, 2.75) is 13.1 Å². The first kappa shape index (κ1) is 11.5. The van der Waals surface area contributed by atoms with Gasteiger partial charge in [-0.05, 0) is 19.1 Å². The Morgan fingerprint density at radius 2 is 2.20 bits per heavy atom. The lowest BCUT2D eigenvalue weighted by Crippen LogP contribution is -2.11. The molecule has 6 heteroatoms. The zero-order valence-corrected chi connectivity index (χ0v) is 7.84. The number of esters is 1. The van der Waals surface area contributed by atoms with Gasteiger partial charge in [-0.2, -0.15) is 13.2 Å². The number of halogens is 3. The van der Waals surface area contributed by atoms with Crippen molar-refractivity contribution in [3.8, 4) is 0 Å². The fraction of sp³-hybridized carbons (Fsp3) is 0.333. The van der Waals surface area contributed by atoms with Crippen LogP contribution in [0.2, 0.25) is 0 Å². The van der Waals surface area contributed by atoms with Crippen LogP contribution in [0.4, 0.5) is 13.2 Å². The molecule has 0 atom stereocenters. The van der Waals surface area contributed by atoms with Gasteiger partial charge < -0.3 is 4.74 Å². The van der Waals surface area contributed by atoms with Crippen LogP contribution >= 0.6 is 0 Å². The van der Waals surface area contributed by atoms with Gasteiger partial charge in [-0.1, -0.05) is 0 Å². The van der Waals surface area contributed by atoms with Crippen molar-refractivity contribution < 1.29 is 22.7 Å². The molecule has 1 aromatic rings. The molecule has 0 unspecified atom stereocenters. The summed E-state index contributed by atoms with van der Waals surface area (Å²) in [6, 6.07) is 1.46. The second-order valence-electron chi connectivity index (χ2n) is 2.65. The first-order chi connectivity index (χ1) is 6.95. The summed E-state index contributed by atoms with van der Waals surface area (Å²) in [5.41, 5.74) is -1.26. The summed E-state index contributed by atoms with van der Waals surface area (Å²) in [6.45, 7) is 1.66. The van der Waals surface area contributed by atoms with E-state index in [1.54, 1.807) is 6.92 Å². The lowest BCUT2D eigenvalue weighted by atomic mass is 10.2. The molecule has 3 nitrogen and oxygen atoms in total. The quantitative estimate of drug-likeness (QED) is 0.716. The lowest BCUT2D eigenvalue weighted by Gasteiger charge is -2.07. The van der Waals surface area contributed by atoms with E-state index in [1.807, 2.05) is 0 Å². The summed E-state index contributed by atoms with van der Waals surface area (Å²) in [7, 11) is 0. The Kier molecular flexibility index (Phi) is 3.28. The van der Waals surface area contributed by atoms with Crippen molar-refractivity contribution in [2.75, 3.05) is 6.61 Å². The number of rotatable bonds is 2. The van der Waals surface area contributed by atoms with Crippen LogP contribution in [0, 0.1) is 0 Å². The standard InChI is InChI=1S/C9H8F3NO2/c1-2-15-8(14)7-5-6(3-4-13-7)9(10,11)12/h3-5H,2H2,1H3. The van der Waals surface area contributed by atoms with Crippen molar-refractivity contribution in [3.05, 3.63) is 29.6 Å². The third-order valence-corrected chi connectivity index (χ3v) is 1.57. The van der Waals surface area contributed by atoms with E-state index in [9.17, 15) is 18.0 Å². The van der Waals surface area contributed by atoms with E-state index in [-0.39, 0.29) is 12.3 Å². The van der Waals surface area contributed by atoms with Gasteiger partial charge in [0.1, 0.15) is 5.69 Å². The lowest BCUT2D eigenvalue weighted by molar-refractivity contribution is -0.137. The van der Waals surface area contributed by atoms with Crippen LogP contribution < -0.4 is 0 Å². The average molecular weight is 219 g/mol. The van der Waals surface area contributed by atoms with Gasteiger partial charge >= 0.3 is 12.1 Å². The van der Waals surface area contributed by atoms with Crippen LogP contribution in [-0.2, 0) is 10.9 Å². The Morgan fingerprint density at radius 1 is 1.53 bits per heavy atom. The van der Waals surface area contributed by atoms with Crippen molar-refractivity contribution in [1.82, 2.24) is 4.98 Å². The number of pyridine rings is 1. The third kappa shape index (κ3) is 2.93. The Morgan fingerprint density at radius 3 is 2.73 bits per heavy atom. The molecule has 0 aliphatic carbocycles. The maximum atomic E-state index is 12.2. The number of hydrogen-bond acceptors (Lipinski definition) is 3. The fourth-order valence-corrected chi connectivity index (χ4v) is 0.924. The summed E-state index contributed by atoms with van der Waals surface area (Å²) in [5, 5.41) is 0. The molecule has 1 aromatic heterocycles. The highest BCUT2D eigenvalue weighted by Gasteiger charge is 2.31. The molecule has 0 spiro atoms. The number of carbonyl (C=O) groups is 1. The molecule has 1 heterocycles. The van der Waals surface area contributed by atoms with E-state index in [2.05, 4.69) is 9.72 Å². The third-order valence-electron chi connectivity index (χ3n) is 1.57. The Hall–Kier alpha value is -1.59. The van der Waals surface area contributed by atoms with Crippen LogP contribution in [0.5, 0.6) is 0 Å². The van der Waals surface area contributed by atoms with Crippen molar-refractivity contribution in [1.29, 1.82) is 0 Å². The SMILES string of the molecule is CCOC(=O)c1cc(C(F)(F)F)ccn1. The van der Waals surface area contributed by atoms with Gasteiger partial charge in [0.15, 0.2) is 0 Å². The maximum absolute atomic E-state index is 12.2. The minimum absolute atomic E-state index is 0.0940. The molecule has 0 amide bonds. The number of aromatic nitrogens is 1. The van der Waals surface area contributed by atoms with Crippen molar-refractivity contribution in [3.63, 3.8) is 0 Å². The summed E-state index contributed by atoms with van der Waals surface area (Å²) < 4.78 is 41.2. The Labute approximate surface area is 83.9 Å². The molecule has 0 aliphatic rings. The molecule has 0 aromatic carbocycles. The largest absolute Gasteiger partial charge is 0.461 e. The monoisotopic (exact) mass is 219 g/mol. The molecular weight excluding hydrogens is 211 g/mol. The topological polar surface area (TPSA) is 39.2 Å². The number of alkyl halides is 3. The normalized spacial score (nSPS) is 11.2. The summed E-state index contributed by atoms with van der Waals surface area (Å²) in [5.74, 6) is -0.858. The molecule has 82 valence electrons. The van der Waals surface area contributed by atoms with Gasteiger partial charge in [0.05, 0.1) is 12.2 Å². The summed E-state index contributed by atoms with van der Waals surface area (Å²) in [4.78, 5) is 14.6. The molecule has 0 bridgehead atoms. The summed E-state index contributed by atoms with van der Waals surface area (Å²) in [6.07, 6.45) is -3.56. The van der Waals surface area contributed by atoms with Crippen molar-refractivity contribution in [2.24, 2.45) is 0 Å². The van der Waals surface area contributed by atoms with E-state index < -0.39 is 17.7 Å². The number of carbonyl (C=O) groups excluding carboxylic acids is 1. The number of ether oxygens (including phenoxy) is 1. The van der Waals surface area contributed by atoms with Crippen LogP contribution in [0.25, 0.3) is 0 Å². The minimum Gasteiger partial charge on any atom is -0.461 e. The van der Waals surface area contributed by atoms with E-state index in [1.165, 1.54) is 0 Å².